The van der Waals surface area contributed by atoms with Gasteiger partial charge in [0.2, 0.25) is 11.7 Å². The minimum Gasteiger partial charge on any atom is -0.492 e. The fraction of sp³-hybridized carbons (Fsp3) is 0.0909. The minimum atomic E-state index is -4.81. The number of nitrogens with one attached hydrogen (secondary N) is 1. The lowest BCUT2D eigenvalue weighted by molar-refractivity contribution is -0.137. The quantitative estimate of drug-likeness (QED) is 0.788. The van der Waals surface area contributed by atoms with Crippen LogP contribution in [0.2, 0.25) is 5.02 Å². The standard InChI is InChI=1S/C11H5ClF4N2O3/c12-6-2-1-4(3-5(6)11(14,15)16)18-9(20)7(13)8(19)17-10(18)21/h1-3,20H,(H,17,19,21). The van der Waals surface area contributed by atoms with Crippen molar-refractivity contribution in [2.45, 2.75) is 6.18 Å². The molecule has 1 aromatic heterocycles. The van der Waals surface area contributed by atoms with E-state index in [0.717, 1.165) is 12.1 Å². The summed E-state index contributed by atoms with van der Waals surface area (Å²) in [4.78, 5) is 24.0. The molecule has 0 amide bonds. The van der Waals surface area contributed by atoms with Gasteiger partial charge in [0.25, 0.3) is 5.56 Å². The summed E-state index contributed by atoms with van der Waals surface area (Å²) < 4.78 is 51.6. The summed E-state index contributed by atoms with van der Waals surface area (Å²) in [6, 6.07) is 2.23. The van der Waals surface area contributed by atoms with Crippen LogP contribution in [0.15, 0.2) is 27.8 Å². The number of halogens is 5. The van der Waals surface area contributed by atoms with E-state index >= 15 is 0 Å². The highest BCUT2D eigenvalue weighted by Gasteiger charge is 2.33. The summed E-state index contributed by atoms with van der Waals surface area (Å²) in [6.07, 6.45) is -4.81. The first-order valence-electron chi connectivity index (χ1n) is 5.24. The lowest BCUT2D eigenvalue weighted by atomic mass is 10.2. The van der Waals surface area contributed by atoms with Crippen LogP contribution in [0.3, 0.4) is 0 Å². The Kier molecular flexibility index (Phi) is 3.54. The van der Waals surface area contributed by atoms with Gasteiger partial charge in [-0.05, 0) is 18.2 Å². The number of hydrogen-bond donors (Lipinski definition) is 2. The number of aromatic amines is 1. The number of alkyl halides is 3. The van der Waals surface area contributed by atoms with Crippen LogP contribution in [0.1, 0.15) is 5.56 Å². The van der Waals surface area contributed by atoms with Gasteiger partial charge in [-0.1, -0.05) is 11.6 Å². The van der Waals surface area contributed by atoms with Gasteiger partial charge in [0, 0.05) is 0 Å². The van der Waals surface area contributed by atoms with Crippen molar-refractivity contribution in [2.24, 2.45) is 0 Å². The van der Waals surface area contributed by atoms with Crippen LogP contribution in [-0.4, -0.2) is 14.7 Å². The summed E-state index contributed by atoms with van der Waals surface area (Å²) in [5.41, 5.74) is -4.57. The maximum atomic E-state index is 13.3. The topological polar surface area (TPSA) is 75.1 Å². The van der Waals surface area contributed by atoms with Gasteiger partial charge in [0.15, 0.2) is 0 Å². The average molecular weight is 325 g/mol. The van der Waals surface area contributed by atoms with Crippen molar-refractivity contribution >= 4 is 11.6 Å². The molecule has 0 spiro atoms. The van der Waals surface area contributed by atoms with E-state index in [-0.39, 0.29) is 4.57 Å². The molecule has 21 heavy (non-hydrogen) atoms. The number of aromatic nitrogens is 2. The number of aromatic hydroxyl groups is 1. The van der Waals surface area contributed by atoms with Gasteiger partial charge in [-0.25, -0.2) is 9.36 Å². The third kappa shape index (κ3) is 2.64. The number of H-pyrrole nitrogens is 1. The van der Waals surface area contributed by atoms with Crippen molar-refractivity contribution in [1.82, 2.24) is 9.55 Å². The van der Waals surface area contributed by atoms with Crippen molar-refractivity contribution < 1.29 is 22.7 Å². The van der Waals surface area contributed by atoms with Crippen LogP contribution in [0, 0.1) is 5.82 Å². The van der Waals surface area contributed by atoms with E-state index in [1.165, 1.54) is 4.98 Å². The van der Waals surface area contributed by atoms with Gasteiger partial charge in [-0.15, -0.1) is 0 Å². The molecule has 0 aliphatic heterocycles. The summed E-state index contributed by atoms with van der Waals surface area (Å²) in [6.45, 7) is 0. The molecule has 0 aliphatic rings. The largest absolute Gasteiger partial charge is 0.492 e. The molecule has 112 valence electrons. The van der Waals surface area contributed by atoms with Crippen LogP contribution < -0.4 is 11.2 Å². The van der Waals surface area contributed by atoms with Crippen molar-refractivity contribution in [3.8, 4) is 11.6 Å². The first kappa shape index (κ1) is 15.1. The van der Waals surface area contributed by atoms with Crippen LogP contribution in [0.5, 0.6) is 5.88 Å². The van der Waals surface area contributed by atoms with Gasteiger partial charge >= 0.3 is 11.9 Å². The van der Waals surface area contributed by atoms with Crippen molar-refractivity contribution in [2.75, 3.05) is 0 Å². The number of nitrogens with zero attached hydrogens (tertiary/aromatic N) is 1. The van der Waals surface area contributed by atoms with E-state index in [1.807, 2.05) is 0 Å². The van der Waals surface area contributed by atoms with Crippen molar-refractivity contribution in [3.05, 3.63) is 55.4 Å². The van der Waals surface area contributed by atoms with Crippen LogP contribution in [-0.2, 0) is 6.18 Å². The number of benzene rings is 1. The zero-order chi connectivity index (χ0) is 15.9. The monoisotopic (exact) mass is 324 g/mol. The molecule has 2 rings (SSSR count). The Balaban J connectivity index is 2.78. The highest BCUT2D eigenvalue weighted by molar-refractivity contribution is 6.31. The Bertz CT molecular complexity index is 826. The maximum Gasteiger partial charge on any atom is 0.417 e. The molecule has 2 N–H and O–H groups in total. The van der Waals surface area contributed by atoms with E-state index in [9.17, 15) is 32.3 Å². The smallest absolute Gasteiger partial charge is 0.417 e. The van der Waals surface area contributed by atoms with E-state index in [0.29, 0.717) is 6.07 Å². The summed E-state index contributed by atoms with van der Waals surface area (Å²) in [7, 11) is 0. The fourth-order valence-electron chi connectivity index (χ4n) is 1.61. The molecule has 0 saturated carbocycles. The average Bonchev–Trinajstić information content (AvgIpc) is 2.36. The SMILES string of the molecule is O=c1[nH]c(=O)n(-c2ccc(Cl)c(C(F)(F)F)c2)c(O)c1F. The summed E-state index contributed by atoms with van der Waals surface area (Å²) >= 11 is 5.40. The Hall–Kier alpha value is -2.29. The molecule has 0 fully saturated rings. The van der Waals surface area contributed by atoms with E-state index in [1.54, 1.807) is 0 Å². The molecule has 1 aromatic carbocycles. The third-order valence-electron chi connectivity index (χ3n) is 2.54. The highest BCUT2D eigenvalue weighted by atomic mass is 35.5. The molecule has 0 unspecified atom stereocenters. The van der Waals surface area contributed by atoms with Crippen LogP contribution in [0.25, 0.3) is 5.69 Å². The van der Waals surface area contributed by atoms with Crippen LogP contribution >= 0.6 is 11.6 Å². The van der Waals surface area contributed by atoms with Crippen molar-refractivity contribution in [1.29, 1.82) is 0 Å². The molecule has 1 heterocycles. The van der Waals surface area contributed by atoms with E-state index in [2.05, 4.69) is 0 Å². The van der Waals surface area contributed by atoms with E-state index < -0.39 is 45.4 Å². The second-order valence-corrected chi connectivity index (χ2v) is 4.30. The molecule has 2 aromatic rings. The molecule has 10 heteroatoms. The molecule has 0 atom stereocenters. The molecule has 0 saturated heterocycles. The molecule has 0 radical (unpaired) electrons. The van der Waals surface area contributed by atoms with Gasteiger partial charge < -0.3 is 5.11 Å². The Morgan fingerprint density at radius 1 is 1.24 bits per heavy atom. The lowest BCUT2D eigenvalue weighted by Gasteiger charge is -2.13. The Morgan fingerprint density at radius 3 is 2.43 bits per heavy atom. The zero-order valence-corrected chi connectivity index (χ0v) is 10.6. The predicted octanol–water partition coefficient (Wildman–Crippen LogP) is 2.04. The van der Waals surface area contributed by atoms with Gasteiger partial charge in [0.1, 0.15) is 0 Å². The molecule has 0 aliphatic carbocycles. The zero-order valence-electron chi connectivity index (χ0n) is 9.83. The number of hydrogen-bond acceptors (Lipinski definition) is 3. The first-order valence-corrected chi connectivity index (χ1v) is 5.61. The maximum absolute atomic E-state index is 13.3. The molecular weight excluding hydrogens is 320 g/mol. The van der Waals surface area contributed by atoms with Crippen LogP contribution in [0.4, 0.5) is 17.6 Å². The highest BCUT2D eigenvalue weighted by Crippen LogP contribution is 2.36. The normalized spacial score (nSPS) is 11.7. The second kappa shape index (κ2) is 4.92. The fourth-order valence-corrected chi connectivity index (χ4v) is 1.84. The second-order valence-electron chi connectivity index (χ2n) is 3.89. The van der Waals surface area contributed by atoms with Gasteiger partial charge in [-0.2, -0.15) is 17.6 Å². The Morgan fingerprint density at radius 2 is 1.86 bits per heavy atom. The predicted molar refractivity (Wildman–Crippen MR) is 64.3 cm³/mol. The third-order valence-corrected chi connectivity index (χ3v) is 2.87. The summed E-state index contributed by atoms with van der Waals surface area (Å²) in [5, 5.41) is 8.79. The molecular formula is C11H5ClF4N2O3. The summed E-state index contributed by atoms with van der Waals surface area (Å²) in [5.74, 6) is -3.10. The van der Waals surface area contributed by atoms with E-state index in [4.69, 9.17) is 11.6 Å². The van der Waals surface area contributed by atoms with Gasteiger partial charge in [0.05, 0.1) is 16.3 Å². The lowest BCUT2D eigenvalue weighted by Crippen LogP contribution is -2.31. The minimum absolute atomic E-state index is 0.183. The molecule has 5 nitrogen and oxygen atoms in total. The van der Waals surface area contributed by atoms with Gasteiger partial charge in [-0.3, -0.25) is 9.78 Å². The first-order chi connectivity index (χ1) is 9.62. The number of rotatable bonds is 1. The molecule has 0 bridgehead atoms. The Labute approximate surface area is 118 Å². The van der Waals surface area contributed by atoms with Crippen molar-refractivity contribution in [3.63, 3.8) is 0 Å².